The second kappa shape index (κ2) is 5.26. The summed E-state index contributed by atoms with van der Waals surface area (Å²) in [5.74, 6) is 5.09. The number of benzene rings is 1. The molecule has 1 rings (SSSR count). The molecule has 0 aliphatic rings. The van der Waals surface area contributed by atoms with Crippen molar-refractivity contribution in [3.8, 4) is 0 Å². The Morgan fingerprint density at radius 1 is 1.20 bits per heavy atom. The predicted molar refractivity (Wildman–Crippen MR) is 60.2 cm³/mol. The minimum absolute atomic E-state index is 0.162. The minimum Gasteiger partial charge on any atom is -0.378 e. The van der Waals surface area contributed by atoms with Gasteiger partial charge in [-0.2, -0.15) is 0 Å². The van der Waals surface area contributed by atoms with Gasteiger partial charge in [-0.15, -0.1) is 0 Å². The van der Waals surface area contributed by atoms with Crippen molar-refractivity contribution in [1.82, 2.24) is 0 Å². The van der Waals surface area contributed by atoms with Crippen molar-refractivity contribution >= 4 is 0 Å². The van der Waals surface area contributed by atoms with Gasteiger partial charge in [0.2, 0.25) is 0 Å². The molecule has 0 amide bonds. The second-order valence-corrected chi connectivity index (χ2v) is 4.22. The molecule has 1 aromatic carbocycles. The minimum atomic E-state index is -0.162. The smallest absolute Gasteiger partial charge is 0.0932 e. The molecule has 0 aliphatic carbocycles. The van der Waals surface area contributed by atoms with Crippen LogP contribution < -0.4 is 5.90 Å². The fourth-order valence-corrected chi connectivity index (χ4v) is 1.49. The maximum absolute atomic E-state index is 5.40. The number of methoxy groups -OCH3 is 1. The Hall–Kier alpha value is -0.900. The Kier molecular flexibility index (Phi) is 4.27. The van der Waals surface area contributed by atoms with Gasteiger partial charge in [0.1, 0.15) is 0 Å². The van der Waals surface area contributed by atoms with E-state index in [0.717, 1.165) is 12.0 Å². The van der Waals surface area contributed by atoms with Crippen molar-refractivity contribution in [3.63, 3.8) is 0 Å². The van der Waals surface area contributed by atoms with E-state index in [-0.39, 0.29) is 5.60 Å². The average Bonchev–Trinajstić information content (AvgIpc) is 2.21. The van der Waals surface area contributed by atoms with Gasteiger partial charge in [0.05, 0.1) is 12.2 Å². The SMILES string of the molecule is COC(C)(C)Cc1ccccc1CON. The Morgan fingerprint density at radius 2 is 1.80 bits per heavy atom. The first-order valence-electron chi connectivity index (χ1n) is 5.02. The lowest BCUT2D eigenvalue weighted by molar-refractivity contribution is 0.0225. The number of ether oxygens (including phenoxy) is 1. The summed E-state index contributed by atoms with van der Waals surface area (Å²) >= 11 is 0. The van der Waals surface area contributed by atoms with Crippen LogP contribution >= 0.6 is 0 Å². The molecule has 3 heteroatoms. The average molecular weight is 209 g/mol. The standard InChI is InChI=1S/C12H19NO2/c1-12(2,14-3)8-10-6-4-5-7-11(10)9-15-13/h4-7H,8-9,13H2,1-3H3. The first-order valence-corrected chi connectivity index (χ1v) is 5.02. The lowest BCUT2D eigenvalue weighted by Gasteiger charge is -2.24. The van der Waals surface area contributed by atoms with Crippen molar-refractivity contribution in [2.45, 2.75) is 32.5 Å². The summed E-state index contributed by atoms with van der Waals surface area (Å²) in [6.07, 6.45) is 0.850. The molecule has 0 aliphatic heterocycles. The largest absolute Gasteiger partial charge is 0.378 e. The third-order valence-corrected chi connectivity index (χ3v) is 2.53. The van der Waals surface area contributed by atoms with Gasteiger partial charge in [0.15, 0.2) is 0 Å². The molecule has 0 saturated carbocycles. The van der Waals surface area contributed by atoms with Crippen LogP contribution in [-0.4, -0.2) is 12.7 Å². The molecule has 0 bridgehead atoms. The molecule has 0 spiro atoms. The van der Waals surface area contributed by atoms with Crippen LogP contribution in [0.5, 0.6) is 0 Å². The maximum Gasteiger partial charge on any atom is 0.0932 e. The lowest BCUT2D eigenvalue weighted by atomic mass is 9.95. The number of nitrogens with two attached hydrogens (primary N) is 1. The van der Waals surface area contributed by atoms with Gasteiger partial charge in [-0.25, -0.2) is 5.90 Å². The summed E-state index contributed by atoms with van der Waals surface area (Å²) in [5.41, 5.74) is 2.17. The molecule has 3 nitrogen and oxygen atoms in total. The van der Waals surface area contributed by atoms with Crippen LogP contribution in [0.15, 0.2) is 24.3 Å². The number of hydrogen-bond acceptors (Lipinski definition) is 3. The third kappa shape index (κ3) is 3.63. The summed E-state index contributed by atoms with van der Waals surface area (Å²) in [5, 5.41) is 0. The van der Waals surface area contributed by atoms with E-state index >= 15 is 0 Å². The summed E-state index contributed by atoms with van der Waals surface area (Å²) < 4.78 is 5.40. The third-order valence-electron chi connectivity index (χ3n) is 2.53. The topological polar surface area (TPSA) is 44.5 Å². The monoisotopic (exact) mass is 209 g/mol. The molecule has 0 atom stereocenters. The molecular weight excluding hydrogens is 190 g/mol. The number of hydrogen-bond donors (Lipinski definition) is 1. The molecule has 1 aromatic rings. The predicted octanol–water partition coefficient (Wildman–Crippen LogP) is 2.04. The van der Waals surface area contributed by atoms with Gasteiger partial charge in [-0.3, -0.25) is 4.84 Å². The van der Waals surface area contributed by atoms with Crippen LogP contribution in [0.2, 0.25) is 0 Å². The van der Waals surface area contributed by atoms with Crippen LogP contribution in [-0.2, 0) is 22.6 Å². The molecule has 0 radical (unpaired) electrons. The van der Waals surface area contributed by atoms with Crippen LogP contribution in [0.4, 0.5) is 0 Å². The van der Waals surface area contributed by atoms with Gasteiger partial charge >= 0.3 is 0 Å². The molecular formula is C12H19NO2. The molecule has 15 heavy (non-hydrogen) atoms. The first kappa shape index (κ1) is 12.2. The fourth-order valence-electron chi connectivity index (χ4n) is 1.49. The lowest BCUT2D eigenvalue weighted by Crippen LogP contribution is -2.26. The van der Waals surface area contributed by atoms with Crippen molar-refractivity contribution in [3.05, 3.63) is 35.4 Å². The zero-order chi connectivity index (χ0) is 11.3. The van der Waals surface area contributed by atoms with E-state index in [1.165, 1.54) is 5.56 Å². The van der Waals surface area contributed by atoms with Gasteiger partial charge in [0, 0.05) is 13.5 Å². The van der Waals surface area contributed by atoms with Crippen LogP contribution in [0.25, 0.3) is 0 Å². The van der Waals surface area contributed by atoms with E-state index in [1.807, 2.05) is 18.2 Å². The van der Waals surface area contributed by atoms with Crippen molar-refractivity contribution < 1.29 is 9.57 Å². The highest BCUT2D eigenvalue weighted by Gasteiger charge is 2.18. The summed E-state index contributed by atoms with van der Waals surface area (Å²) in [7, 11) is 1.72. The number of rotatable bonds is 5. The molecule has 0 saturated heterocycles. The summed E-state index contributed by atoms with van der Waals surface area (Å²) in [4.78, 5) is 4.68. The van der Waals surface area contributed by atoms with Crippen molar-refractivity contribution in [2.24, 2.45) is 5.90 Å². The van der Waals surface area contributed by atoms with E-state index in [1.54, 1.807) is 7.11 Å². The normalized spacial score (nSPS) is 11.7. The van der Waals surface area contributed by atoms with Gasteiger partial charge in [-0.05, 0) is 25.0 Å². The van der Waals surface area contributed by atoms with Gasteiger partial charge < -0.3 is 4.74 Å². The van der Waals surface area contributed by atoms with E-state index in [9.17, 15) is 0 Å². The molecule has 2 N–H and O–H groups in total. The van der Waals surface area contributed by atoms with Gasteiger partial charge in [-0.1, -0.05) is 24.3 Å². The van der Waals surface area contributed by atoms with Crippen molar-refractivity contribution in [1.29, 1.82) is 0 Å². The van der Waals surface area contributed by atoms with Crippen LogP contribution in [0.3, 0.4) is 0 Å². The quantitative estimate of drug-likeness (QED) is 0.755. The highest BCUT2D eigenvalue weighted by Crippen LogP contribution is 2.19. The van der Waals surface area contributed by atoms with Gasteiger partial charge in [0.25, 0.3) is 0 Å². The van der Waals surface area contributed by atoms with Crippen LogP contribution in [0, 0.1) is 0 Å². The Labute approximate surface area is 91.1 Å². The van der Waals surface area contributed by atoms with Crippen LogP contribution in [0.1, 0.15) is 25.0 Å². The van der Waals surface area contributed by atoms with Crippen molar-refractivity contribution in [2.75, 3.05) is 7.11 Å². The Morgan fingerprint density at radius 3 is 2.33 bits per heavy atom. The molecule has 0 heterocycles. The first-order chi connectivity index (χ1) is 7.09. The van der Waals surface area contributed by atoms with E-state index < -0.39 is 0 Å². The van der Waals surface area contributed by atoms with E-state index in [2.05, 4.69) is 24.8 Å². The molecule has 84 valence electrons. The molecule has 0 aromatic heterocycles. The maximum atomic E-state index is 5.40. The fraction of sp³-hybridized carbons (Fsp3) is 0.500. The highest BCUT2D eigenvalue weighted by atomic mass is 16.6. The highest BCUT2D eigenvalue weighted by molar-refractivity contribution is 5.27. The summed E-state index contributed by atoms with van der Waals surface area (Å²) in [6, 6.07) is 8.10. The van der Waals surface area contributed by atoms with E-state index in [0.29, 0.717) is 6.61 Å². The van der Waals surface area contributed by atoms with E-state index in [4.69, 9.17) is 10.6 Å². The second-order valence-electron chi connectivity index (χ2n) is 4.22. The zero-order valence-electron chi connectivity index (χ0n) is 9.62. The Balaban J connectivity index is 2.84. The molecule has 0 fully saturated rings. The zero-order valence-corrected chi connectivity index (χ0v) is 9.62. The molecule has 0 unspecified atom stereocenters. The Bertz CT molecular complexity index is 310. The summed E-state index contributed by atoms with van der Waals surface area (Å²) in [6.45, 7) is 4.57.